The van der Waals surface area contributed by atoms with Gasteiger partial charge in [0.15, 0.2) is 0 Å². The van der Waals surface area contributed by atoms with Crippen molar-refractivity contribution in [2.24, 2.45) is 0 Å². The Morgan fingerprint density at radius 2 is 1.93 bits per heavy atom. The number of amides is 1. The van der Waals surface area contributed by atoms with E-state index in [1.54, 1.807) is 49.4 Å². The van der Waals surface area contributed by atoms with Crippen molar-refractivity contribution in [2.45, 2.75) is 32.1 Å². The SMILES string of the molecule is CCc1noc(NC(C)=O)c1-c1ccc(C)c(S(=O)(=O)Nc2ccccc2OC)c1. The molecule has 1 aromatic heterocycles. The van der Waals surface area contributed by atoms with Crippen LogP contribution in [-0.2, 0) is 21.2 Å². The molecule has 0 radical (unpaired) electrons. The predicted molar refractivity (Wildman–Crippen MR) is 114 cm³/mol. The van der Waals surface area contributed by atoms with Crippen LogP contribution in [0.2, 0.25) is 0 Å². The van der Waals surface area contributed by atoms with Crippen molar-refractivity contribution >= 4 is 27.5 Å². The van der Waals surface area contributed by atoms with Crippen molar-refractivity contribution in [3.8, 4) is 16.9 Å². The summed E-state index contributed by atoms with van der Waals surface area (Å²) in [7, 11) is -2.44. The first-order valence-electron chi connectivity index (χ1n) is 9.29. The largest absolute Gasteiger partial charge is 0.495 e. The van der Waals surface area contributed by atoms with Gasteiger partial charge in [0.05, 0.1) is 29.0 Å². The lowest BCUT2D eigenvalue weighted by molar-refractivity contribution is -0.114. The molecular weight excluding hydrogens is 406 g/mol. The number of nitrogens with one attached hydrogen (secondary N) is 2. The van der Waals surface area contributed by atoms with Gasteiger partial charge >= 0.3 is 0 Å². The second kappa shape index (κ2) is 8.58. The minimum Gasteiger partial charge on any atom is -0.495 e. The standard InChI is InChI=1S/C21H23N3O5S/c1-5-16-20(21(29-23-16)22-14(3)25)15-11-10-13(2)19(12-15)30(26,27)24-17-8-6-7-9-18(17)28-4/h6-12,24H,5H2,1-4H3,(H,22,25). The maximum Gasteiger partial charge on any atom is 0.262 e. The zero-order valence-corrected chi connectivity index (χ0v) is 18.0. The van der Waals surface area contributed by atoms with E-state index in [9.17, 15) is 13.2 Å². The molecule has 3 rings (SSSR count). The van der Waals surface area contributed by atoms with Gasteiger partial charge in [0.2, 0.25) is 11.8 Å². The number of anilines is 2. The number of ether oxygens (including phenoxy) is 1. The zero-order valence-electron chi connectivity index (χ0n) is 17.1. The Morgan fingerprint density at radius 1 is 1.20 bits per heavy atom. The Morgan fingerprint density at radius 3 is 2.60 bits per heavy atom. The number of carbonyl (C=O) groups is 1. The van der Waals surface area contributed by atoms with Gasteiger partial charge in [-0.2, -0.15) is 0 Å². The smallest absolute Gasteiger partial charge is 0.262 e. The van der Waals surface area contributed by atoms with E-state index in [-0.39, 0.29) is 16.7 Å². The van der Waals surface area contributed by atoms with E-state index in [1.807, 2.05) is 6.92 Å². The molecule has 0 saturated carbocycles. The Balaban J connectivity index is 2.08. The molecule has 0 saturated heterocycles. The van der Waals surface area contributed by atoms with Crippen molar-refractivity contribution in [3.63, 3.8) is 0 Å². The molecule has 1 heterocycles. The van der Waals surface area contributed by atoms with E-state index in [1.165, 1.54) is 14.0 Å². The van der Waals surface area contributed by atoms with Crippen molar-refractivity contribution in [1.29, 1.82) is 0 Å². The van der Waals surface area contributed by atoms with E-state index in [0.717, 1.165) is 0 Å². The molecule has 2 N–H and O–H groups in total. The third kappa shape index (κ3) is 4.30. The molecule has 0 atom stereocenters. The van der Waals surface area contributed by atoms with Gasteiger partial charge in [0.25, 0.3) is 10.0 Å². The van der Waals surface area contributed by atoms with E-state index in [2.05, 4.69) is 15.2 Å². The maximum atomic E-state index is 13.2. The van der Waals surface area contributed by atoms with Crippen LogP contribution in [0.15, 0.2) is 51.9 Å². The van der Waals surface area contributed by atoms with Gasteiger partial charge in [-0.15, -0.1) is 0 Å². The molecule has 2 aromatic carbocycles. The number of nitrogens with zero attached hydrogens (tertiary/aromatic N) is 1. The van der Waals surface area contributed by atoms with Crippen molar-refractivity contribution < 1.29 is 22.5 Å². The molecule has 3 aromatic rings. The first-order valence-corrected chi connectivity index (χ1v) is 10.8. The van der Waals surface area contributed by atoms with Crippen LogP contribution in [0.1, 0.15) is 25.1 Å². The summed E-state index contributed by atoms with van der Waals surface area (Å²) < 4.78 is 39.4. The van der Waals surface area contributed by atoms with E-state index < -0.39 is 10.0 Å². The Kier molecular flexibility index (Phi) is 6.12. The lowest BCUT2D eigenvalue weighted by Gasteiger charge is -2.14. The van der Waals surface area contributed by atoms with Gasteiger partial charge in [-0.3, -0.25) is 14.8 Å². The van der Waals surface area contributed by atoms with Crippen molar-refractivity contribution in [3.05, 3.63) is 53.7 Å². The quantitative estimate of drug-likeness (QED) is 0.588. The summed E-state index contributed by atoms with van der Waals surface area (Å²) in [6.45, 7) is 4.97. The van der Waals surface area contributed by atoms with Crippen LogP contribution in [0.5, 0.6) is 5.75 Å². The fraction of sp³-hybridized carbons (Fsp3) is 0.238. The van der Waals surface area contributed by atoms with Crippen LogP contribution in [-0.4, -0.2) is 26.6 Å². The summed E-state index contributed by atoms with van der Waals surface area (Å²) in [4.78, 5) is 11.6. The second-order valence-electron chi connectivity index (χ2n) is 6.65. The molecule has 0 aliphatic heterocycles. The summed E-state index contributed by atoms with van der Waals surface area (Å²) in [5, 5.41) is 6.60. The molecular formula is C21H23N3O5S. The molecule has 1 amide bonds. The first kappa shape index (κ1) is 21.4. The highest BCUT2D eigenvalue weighted by Crippen LogP contribution is 2.35. The monoisotopic (exact) mass is 429 g/mol. The summed E-state index contributed by atoms with van der Waals surface area (Å²) >= 11 is 0. The lowest BCUT2D eigenvalue weighted by Crippen LogP contribution is -2.15. The molecule has 0 unspecified atom stereocenters. The summed E-state index contributed by atoms with van der Waals surface area (Å²) in [6.07, 6.45) is 0.549. The lowest BCUT2D eigenvalue weighted by atomic mass is 10.0. The molecule has 158 valence electrons. The van der Waals surface area contributed by atoms with Crippen LogP contribution < -0.4 is 14.8 Å². The van der Waals surface area contributed by atoms with Gasteiger partial charge in [-0.1, -0.05) is 36.3 Å². The van der Waals surface area contributed by atoms with E-state index in [0.29, 0.717) is 40.2 Å². The number of benzene rings is 2. The molecule has 8 nitrogen and oxygen atoms in total. The third-order valence-corrected chi connectivity index (χ3v) is 6.01. The highest BCUT2D eigenvalue weighted by Gasteiger charge is 2.23. The molecule has 0 fully saturated rings. The number of hydrogen-bond donors (Lipinski definition) is 2. The summed E-state index contributed by atoms with van der Waals surface area (Å²) in [5.41, 5.74) is 2.65. The van der Waals surface area contributed by atoms with Gasteiger partial charge < -0.3 is 9.26 Å². The first-order chi connectivity index (χ1) is 14.3. The average molecular weight is 429 g/mol. The zero-order chi connectivity index (χ0) is 21.9. The Labute approximate surface area is 175 Å². The number of methoxy groups -OCH3 is 1. The van der Waals surface area contributed by atoms with Gasteiger partial charge in [0.1, 0.15) is 5.75 Å². The number of hydrogen-bond acceptors (Lipinski definition) is 6. The second-order valence-corrected chi connectivity index (χ2v) is 8.31. The highest BCUT2D eigenvalue weighted by atomic mass is 32.2. The Bertz CT molecular complexity index is 1190. The number of para-hydroxylation sites is 2. The highest BCUT2D eigenvalue weighted by molar-refractivity contribution is 7.92. The molecule has 0 bridgehead atoms. The van der Waals surface area contributed by atoms with Crippen LogP contribution in [0, 0.1) is 6.92 Å². The Hall–Kier alpha value is -3.33. The van der Waals surface area contributed by atoms with Gasteiger partial charge in [0, 0.05) is 6.92 Å². The number of aromatic nitrogens is 1. The minimum absolute atomic E-state index is 0.0999. The fourth-order valence-electron chi connectivity index (χ4n) is 3.08. The molecule has 0 spiro atoms. The van der Waals surface area contributed by atoms with Crippen molar-refractivity contribution in [2.75, 3.05) is 17.1 Å². The molecule has 9 heteroatoms. The van der Waals surface area contributed by atoms with E-state index in [4.69, 9.17) is 9.26 Å². The van der Waals surface area contributed by atoms with Crippen molar-refractivity contribution in [1.82, 2.24) is 5.16 Å². The van der Waals surface area contributed by atoms with Crippen LogP contribution in [0.3, 0.4) is 0 Å². The summed E-state index contributed by atoms with van der Waals surface area (Å²) in [5.74, 6) is 0.284. The fourth-order valence-corrected chi connectivity index (χ4v) is 4.42. The normalized spacial score (nSPS) is 11.2. The minimum atomic E-state index is -3.91. The number of aryl methyl sites for hydroxylation is 2. The molecule has 0 aliphatic rings. The van der Waals surface area contributed by atoms with Gasteiger partial charge in [-0.25, -0.2) is 8.42 Å². The number of rotatable bonds is 7. The molecule has 0 aliphatic carbocycles. The van der Waals surface area contributed by atoms with Gasteiger partial charge in [-0.05, 0) is 42.7 Å². The molecule has 30 heavy (non-hydrogen) atoms. The number of sulfonamides is 1. The maximum absolute atomic E-state index is 13.2. The van der Waals surface area contributed by atoms with E-state index >= 15 is 0 Å². The van der Waals surface area contributed by atoms with Crippen LogP contribution in [0.25, 0.3) is 11.1 Å². The van der Waals surface area contributed by atoms with Crippen LogP contribution in [0.4, 0.5) is 11.6 Å². The van der Waals surface area contributed by atoms with Crippen LogP contribution >= 0.6 is 0 Å². The third-order valence-electron chi connectivity index (χ3n) is 4.50. The number of carbonyl (C=O) groups excluding carboxylic acids is 1. The topological polar surface area (TPSA) is 111 Å². The predicted octanol–water partition coefficient (Wildman–Crippen LogP) is 3.98. The average Bonchev–Trinajstić information content (AvgIpc) is 3.10. The summed E-state index contributed by atoms with van der Waals surface area (Å²) in [6, 6.07) is 11.8.